The van der Waals surface area contributed by atoms with Gasteiger partial charge in [0.15, 0.2) is 6.54 Å². The van der Waals surface area contributed by atoms with E-state index >= 15 is 0 Å². The van der Waals surface area contributed by atoms with Crippen molar-refractivity contribution in [2.45, 2.75) is 13.0 Å². The van der Waals surface area contributed by atoms with E-state index in [1.54, 1.807) is 12.1 Å². The largest absolute Gasteiger partial charge is 0.324 e. The van der Waals surface area contributed by atoms with E-state index < -0.39 is 0 Å². The fraction of sp³-hybridized carbons (Fsp3) is 0.235. The number of carbonyl (C=O) groups excluding carboxylic acids is 1. The molecule has 0 saturated carbocycles. The van der Waals surface area contributed by atoms with Crippen molar-refractivity contribution in [3.63, 3.8) is 0 Å². The summed E-state index contributed by atoms with van der Waals surface area (Å²) < 4.78 is 13.1. The molecule has 0 bridgehead atoms. The Labute approximate surface area is 124 Å². The smallest absolute Gasteiger partial charge is 0.279 e. The number of halogens is 1. The van der Waals surface area contributed by atoms with Gasteiger partial charge in [-0.3, -0.25) is 4.79 Å². The zero-order valence-corrected chi connectivity index (χ0v) is 12.3. The average molecular weight is 287 g/mol. The molecule has 0 aliphatic carbocycles. The molecular formula is C17H20FN2O+. The van der Waals surface area contributed by atoms with Crippen molar-refractivity contribution < 1.29 is 14.1 Å². The third kappa shape index (κ3) is 4.39. The average Bonchev–Trinajstić information content (AvgIpc) is 2.47. The quantitative estimate of drug-likeness (QED) is 0.867. The van der Waals surface area contributed by atoms with Crippen molar-refractivity contribution in [3.8, 4) is 0 Å². The Balaban J connectivity index is 1.93. The van der Waals surface area contributed by atoms with Crippen LogP contribution in [0.2, 0.25) is 0 Å². The van der Waals surface area contributed by atoms with Gasteiger partial charge in [0.25, 0.3) is 5.91 Å². The van der Waals surface area contributed by atoms with Crippen molar-refractivity contribution in [2.75, 3.05) is 18.9 Å². The third-order valence-corrected chi connectivity index (χ3v) is 3.59. The van der Waals surface area contributed by atoms with Gasteiger partial charge in [0, 0.05) is 11.3 Å². The highest BCUT2D eigenvalue weighted by molar-refractivity contribution is 5.91. The van der Waals surface area contributed by atoms with Crippen LogP contribution in [0.15, 0.2) is 54.6 Å². The van der Waals surface area contributed by atoms with Crippen LogP contribution in [0.3, 0.4) is 0 Å². The van der Waals surface area contributed by atoms with E-state index in [-0.39, 0.29) is 17.8 Å². The lowest BCUT2D eigenvalue weighted by Crippen LogP contribution is -3.10. The molecule has 3 nitrogen and oxygen atoms in total. The van der Waals surface area contributed by atoms with Gasteiger partial charge in [-0.2, -0.15) is 0 Å². The summed E-state index contributed by atoms with van der Waals surface area (Å²) in [5.74, 6) is -0.480. The first-order chi connectivity index (χ1) is 10.1. The fourth-order valence-corrected chi connectivity index (χ4v) is 2.20. The monoisotopic (exact) mass is 287 g/mol. The van der Waals surface area contributed by atoms with Gasteiger partial charge in [-0.25, -0.2) is 4.39 Å². The lowest BCUT2D eigenvalue weighted by molar-refractivity contribution is -0.902. The number of hydrogen-bond donors (Lipinski definition) is 2. The van der Waals surface area contributed by atoms with Crippen LogP contribution in [-0.2, 0) is 4.79 Å². The van der Waals surface area contributed by atoms with Gasteiger partial charge in [-0.1, -0.05) is 36.4 Å². The zero-order chi connectivity index (χ0) is 15.2. The van der Waals surface area contributed by atoms with Gasteiger partial charge < -0.3 is 10.2 Å². The van der Waals surface area contributed by atoms with Crippen LogP contribution in [-0.4, -0.2) is 19.5 Å². The zero-order valence-electron chi connectivity index (χ0n) is 12.3. The van der Waals surface area contributed by atoms with Crippen LogP contribution < -0.4 is 10.2 Å². The Kier molecular flexibility index (Phi) is 5.06. The van der Waals surface area contributed by atoms with Crippen LogP contribution in [0.5, 0.6) is 0 Å². The van der Waals surface area contributed by atoms with Crippen LogP contribution in [0, 0.1) is 5.82 Å². The number of amides is 1. The first-order valence-electron chi connectivity index (χ1n) is 6.99. The molecule has 1 amide bonds. The lowest BCUT2D eigenvalue weighted by atomic mass is 10.1. The number of carbonyl (C=O) groups is 1. The van der Waals surface area contributed by atoms with Gasteiger partial charge in [-0.15, -0.1) is 0 Å². The third-order valence-electron chi connectivity index (χ3n) is 3.59. The second-order valence-electron chi connectivity index (χ2n) is 5.21. The number of hydrogen-bond acceptors (Lipinski definition) is 1. The molecule has 2 aromatic carbocycles. The lowest BCUT2D eigenvalue weighted by Gasteiger charge is -2.21. The Bertz CT molecular complexity index is 601. The second kappa shape index (κ2) is 6.99. The van der Waals surface area contributed by atoms with E-state index in [0.29, 0.717) is 12.2 Å². The topological polar surface area (TPSA) is 33.5 Å². The van der Waals surface area contributed by atoms with Gasteiger partial charge in [0.1, 0.15) is 11.9 Å². The first kappa shape index (κ1) is 15.2. The number of likely N-dealkylation sites (N-methyl/N-ethyl adjacent to an activating group) is 1. The standard InChI is InChI=1S/C17H19FN2O/c1-13(14-7-4-3-5-8-14)20(2)12-17(21)19-16-10-6-9-15(18)11-16/h3-11,13H,12H2,1-2H3,(H,19,21)/p+1/t13-/m1/s1. The molecule has 1 unspecified atom stereocenters. The summed E-state index contributed by atoms with van der Waals surface area (Å²) in [4.78, 5) is 13.1. The molecule has 0 aliphatic rings. The SMILES string of the molecule is C[C@H](c1ccccc1)[NH+](C)CC(=O)Nc1cccc(F)c1. The fourth-order valence-electron chi connectivity index (χ4n) is 2.20. The first-order valence-corrected chi connectivity index (χ1v) is 6.99. The maximum absolute atomic E-state index is 13.1. The minimum atomic E-state index is -0.355. The van der Waals surface area contributed by atoms with Crippen molar-refractivity contribution in [1.82, 2.24) is 0 Å². The summed E-state index contributed by atoms with van der Waals surface area (Å²) in [6, 6.07) is 16.2. The van der Waals surface area contributed by atoms with Crippen LogP contribution in [0.1, 0.15) is 18.5 Å². The molecule has 0 radical (unpaired) electrons. The molecule has 0 fully saturated rings. The minimum Gasteiger partial charge on any atom is -0.324 e. The number of quaternary nitrogens is 1. The normalized spacial score (nSPS) is 13.5. The minimum absolute atomic E-state index is 0.124. The molecule has 2 atom stereocenters. The highest BCUT2D eigenvalue weighted by Gasteiger charge is 2.18. The molecular weight excluding hydrogens is 267 g/mol. The Hall–Kier alpha value is -2.20. The maximum atomic E-state index is 13.1. The summed E-state index contributed by atoms with van der Waals surface area (Å²) in [6.07, 6.45) is 0. The molecule has 4 heteroatoms. The van der Waals surface area contributed by atoms with E-state index in [4.69, 9.17) is 0 Å². The van der Waals surface area contributed by atoms with E-state index in [2.05, 4.69) is 24.4 Å². The van der Waals surface area contributed by atoms with Crippen LogP contribution >= 0.6 is 0 Å². The molecule has 0 aliphatic heterocycles. The Morgan fingerprint density at radius 2 is 1.90 bits per heavy atom. The number of benzene rings is 2. The summed E-state index contributed by atoms with van der Waals surface area (Å²) in [6.45, 7) is 2.41. The van der Waals surface area contributed by atoms with Crippen LogP contribution in [0.25, 0.3) is 0 Å². The van der Waals surface area contributed by atoms with Gasteiger partial charge in [-0.05, 0) is 25.1 Å². The van der Waals surface area contributed by atoms with Gasteiger partial charge in [0.2, 0.25) is 0 Å². The highest BCUT2D eigenvalue weighted by atomic mass is 19.1. The van der Waals surface area contributed by atoms with Gasteiger partial charge >= 0.3 is 0 Å². The Morgan fingerprint density at radius 1 is 1.19 bits per heavy atom. The predicted molar refractivity (Wildman–Crippen MR) is 81.6 cm³/mol. The molecule has 0 saturated heterocycles. The van der Waals surface area contributed by atoms with Crippen molar-refractivity contribution in [3.05, 3.63) is 66.0 Å². The summed E-state index contributed by atoms with van der Waals surface area (Å²) in [5.41, 5.74) is 1.67. The molecule has 0 spiro atoms. The summed E-state index contributed by atoms with van der Waals surface area (Å²) in [5, 5.41) is 2.72. The highest BCUT2D eigenvalue weighted by Crippen LogP contribution is 2.09. The molecule has 2 N–H and O–H groups in total. The van der Waals surface area contributed by atoms with E-state index in [9.17, 15) is 9.18 Å². The summed E-state index contributed by atoms with van der Waals surface area (Å²) in [7, 11) is 1.98. The molecule has 0 aromatic heterocycles. The molecule has 0 heterocycles. The molecule has 21 heavy (non-hydrogen) atoms. The second-order valence-corrected chi connectivity index (χ2v) is 5.21. The van der Waals surface area contributed by atoms with Crippen molar-refractivity contribution >= 4 is 11.6 Å². The molecule has 2 rings (SSSR count). The van der Waals surface area contributed by atoms with E-state index in [1.807, 2.05) is 25.2 Å². The predicted octanol–water partition coefficient (Wildman–Crippen LogP) is 2.04. The molecule has 110 valence electrons. The van der Waals surface area contributed by atoms with E-state index in [0.717, 1.165) is 4.90 Å². The number of nitrogens with one attached hydrogen (secondary N) is 2. The van der Waals surface area contributed by atoms with E-state index in [1.165, 1.54) is 17.7 Å². The van der Waals surface area contributed by atoms with Gasteiger partial charge in [0.05, 0.1) is 7.05 Å². The number of anilines is 1. The number of rotatable bonds is 5. The van der Waals surface area contributed by atoms with Crippen molar-refractivity contribution in [1.29, 1.82) is 0 Å². The maximum Gasteiger partial charge on any atom is 0.279 e. The Morgan fingerprint density at radius 3 is 2.57 bits per heavy atom. The van der Waals surface area contributed by atoms with Crippen molar-refractivity contribution in [2.24, 2.45) is 0 Å². The summed E-state index contributed by atoms with van der Waals surface area (Å²) >= 11 is 0. The molecule has 2 aromatic rings. The van der Waals surface area contributed by atoms with Crippen LogP contribution in [0.4, 0.5) is 10.1 Å².